The van der Waals surface area contributed by atoms with Gasteiger partial charge < -0.3 is 9.32 Å². The van der Waals surface area contributed by atoms with Gasteiger partial charge in [-0.05, 0) is 99.8 Å². The highest BCUT2D eigenvalue weighted by atomic mass is 16.3. The van der Waals surface area contributed by atoms with E-state index in [0.717, 1.165) is 50.0 Å². The van der Waals surface area contributed by atoms with Gasteiger partial charge in [0.15, 0.2) is 0 Å². The largest absolute Gasteiger partial charge is 0.455 e. The number of hydrogen-bond donors (Lipinski definition) is 0. The van der Waals surface area contributed by atoms with Gasteiger partial charge in [0.1, 0.15) is 11.2 Å². The van der Waals surface area contributed by atoms with Gasteiger partial charge in [-0.1, -0.05) is 133 Å². The Kier molecular flexibility index (Phi) is 7.06. The number of benzene rings is 8. The Bertz CT molecular complexity index is 2580. The zero-order chi connectivity index (χ0) is 32.7. The number of anilines is 3. The van der Waals surface area contributed by atoms with Gasteiger partial charge in [-0.3, -0.25) is 0 Å². The van der Waals surface area contributed by atoms with Crippen LogP contribution < -0.4 is 4.90 Å². The first kappa shape index (κ1) is 28.8. The molecule has 0 aliphatic rings. The van der Waals surface area contributed by atoms with Crippen molar-refractivity contribution in [1.82, 2.24) is 0 Å². The Balaban J connectivity index is 1.15. The second-order valence-electron chi connectivity index (χ2n) is 12.6. The van der Waals surface area contributed by atoms with Crippen molar-refractivity contribution in [2.45, 2.75) is 6.92 Å². The third-order valence-corrected chi connectivity index (χ3v) is 9.60. The second-order valence-corrected chi connectivity index (χ2v) is 12.6. The van der Waals surface area contributed by atoms with Crippen molar-refractivity contribution < 1.29 is 4.42 Å². The molecule has 2 heteroatoms. The quantitative estimate of drug-likeness (QED) is 0.182. The summed E-state index contributed by atoms with van der Waals surface area (Å²) in [7, 11) is 0. The summed E-state index contributed by atoms with van der Waals surface area (Å²) in [6.07, 6.45) is 0. The van der Waals surface area contributed by atoms with Gasteiger partial charge in [-0.2, -0.15) is 0 Å². The van der Waals surface area contributed by atoms with Gasteiger partial charge in [0.25, 0.3) is 0 Å². The molecule has 49 heavy (non-hydrogen) atoms. The summed E-state index contributed by atoms with van der Waals surface area (Å²) in [5.74, 6) is 0. The van der Waals surface area contributed by atoms with Crippen molar-refractivity contribution in [2.75, 3.05) is 4.90 Å². The lowest BCUT2D eigenvalue weighted by Crippen LogP contribution is -2.11. The van der Waals surface area contributed by atoms with Crippen molar-refractivity contribution in [3.05, 3.63) is 188 Å². The topological polar surface area (TPSA) is 16.4 Å². The first-order chi connectivity index (χ1) is 24.2. The number of furan rings is 1. The molecule has 0 saturated heterocycles. The average molecular weight is 628 g/mol. The normalized spacial score (nSPS) is 11.4. The van der Waals surface area contributed by atoms with E-state index in [1.54, 1.807) is 0 Å². The number of fused-ring (bicyclic) bond motifs is 5. The molecule has 0 bridgehead atoms. The summed E-state index contributed by atoms with van der Waals surface area (Å²) in [6.45, 7) is 2.20. The van der Waals surface area contributed by atoms with Crippen molar-refractivity contribution >= 4 is 49.8 Å². The minimum Gasteiger partial charge on any atom is -0.455 e. The van der Waals surface area contributed by atoms with E-state index in [9.17, 15) is 0 Å². The monoisotopic (exact) mass is 627 g/mol. The predicted octanol–water partition coefficient (Wildman–Crippen LogP) is 13.5. The molecule has 0 aliphatic heterocycles. The molecule has 0 spiro atoms. The maximum absolute atomic E-state index is 6.49. The predicted molar refractivity (Wildman–Crippen MR) is 207 cm³/mol. The van der Waals surface area contributed by atoms with Gasteiger partial charge in [0.2, 0.25) is 0 Å². The highest BCUT2D eigenvalue weighted by Gasteiger charge is 2.18. The van der Waals surface area contributed by atoms with Crippen molar-refractivity contribution in [3.8, 4) is 33.4 Å². The fourth-order valence-electron chi connectivity index (χ4n) is 7.16. The molecule has 0 radical (unpaired) electrons. The Morgan fingerprint density at radius 1 is 0.429 bits per heavy atom. The highest BCUT2D eigenvalue weighted by molar-refractivity contribution is 6.19. The van der Waals surface area contributed by atoms with Gasteiger partial charge in [0, 0.05) is 33.2 Å². The van der Waals surface area contributed by atoms with Crippen LogP contribution in [-0.2, 0) is 0 Å². The summed E-state index contributed by atoms with van der Waals surface area (Å²) in [6, 6.07) is 64.9. The standard InChI is InChI=1S/C47H33NO/c1-32-31-38(34-13-6-3-7-14-34)24-30-44(32)48(39-25-19-35(20-26-39)33-11-4-2-5-12-33)40-27-21-37(22-28-40)41-17-10-18-45-46(41)43-29-23-36-15-8-9-16-42(36)47(43)49-45/h2-31H,1H3. The Labute approximate surface area is 286 Å². The molecule has 0 amide bonds. The minimum atomic E-state index is 0.905. The van der Waals surface area contributed by atoms with Crippen LogP contribution >= 0.6 is 0 Å². The zero-order valence-electron chi connectivity index (χ0n) is 27.2. The summed E-state index contributed by atoms with van der Waals surface area (Å²) < 4.78 is 6.49. The number of nitrogens with zero attached hydrogens (tertiary/aromatic N) is 1. The Hall–Kier alpha value is -6.38. The molecular formula is C47H33NO. The van der Waals surface area contributed by atoms with Crippen LogP contribution in [0.15, 0.2) is 186 Å². The fourth-order valence-corrected chi connectivity index (χ4v) is 7.16. The molecule has 8 aromatic carbocycles. The molecule has 0 aliphatic carbocycles. The van der Waals surface area contributed by atoms with Crippen LogP contribution in [0.1, 0.15) is 5.56 Å². The molecule has 0 N–H and O–H groups in total. The summed E-state index contributed by atoms with van der Waals surface area (Å²) >= 11 is 0. The molecule has 0 fully saturated rings. The van der Waals surface area contributed by atoms with Gasteiger partial charge >= 0.3 is 0 Å². The molecule has 0 saturated carbocycles. The van der Waals surface area contributed by atoms with E-state index in [-0.39, 0.29) is 0 Å². The van der Waals surface area contributed by atoms with E-state index >= 15 is 0 Å². The number of aryl methyl sites for hydroxylation is 1. The van der Waals surface area contributed by atoms with Crippen molar-refractivity contribution in [1.29, 1.82) is 0 Å². The van der Waals surface area contributed by atoms with E-state index in [4.69, 9.17) is 4.42 Å². The van der Waals surface area contributed by atoms with E-state index < -0.39 is 0 Å². The molecule has 0 atom stereocenters. The number of hydrogen-bond acceptors (Lipinski definition) is 2. The highest BCUT2D eigenvalue weighted by Crippen LogP contribution is 2.42. The lowest BCUT2D eigenvalue weighted by molar-refractivity contribution is 0.673. The van der Waals surface area contributed by atoms with Crippen LogP contribution in [0, 0.1) is 6.92 Å². The van der Waals surface area contributed by atoms with Crippen LogP contribution in [0.25, 0.3) is 66.1 Å². The molecule has 9 rings (SSSR count). The van der Waals surface area contributed by atoms with E-state index in [0.29, 0.717) is 0 Å². The van der Waals surface area contributed by atoms with Crippen molar-refractivity contribution in [3.63, 3.8) is 0 Å². The van der Waals surface area contributed by atoms with Gasteiger partial charge in [-0.25, -0.2) is 0 Å². The molecule has 0 unspecified atom stereocenters. The summed E-state index contributed by atoms with van der Waals surface area (Å²) in [5, 5.41) is 4.61. The third-order valence-electron chi connectivity index (χ3n) is 9.60. The molecule has 2 nitrogen and oxygen atoms in total. The zero-order valence-corrected chi connectivity index (χ0v) is 27.2. The fraction of sp³-hybridized carbons (Fsp3) is 0.0213. The Morgan fingerprint density at radius 2 is 1.02 bits per heavy atom. The average Bonchev–Trinajstić information content (AvgIpc) is 3.57. The second kappa shape index (κ2) is 12.0. The summed E-state index contributed by atoms with van der Waals surface area (Å²) in [5.41, 5.74) is 13.6. The molecule has 232 valence electrons. The van der Waals surface area contributed by atoms with Crippen LogP contribution in [0.5, 0.6) is 0 Å². The van der Waals surface area contributed by atoms with Gasteiger partial charge in [-0.15, -0.1) is 0 Å². The van der Waals surface area contributed by atoms with Crippen molar-refractivity contribution in [2.24, 2.45) is 0 Å². The van der Waals surface area contributed by atoms with E-state index in [1.807, 2.05) is 0 Å². The lowest BCUT2D eigenvalue weighted by atomic mass is 9.97. The Morgan fingerprint density at radius 3 is 1.71 bits per heavy atom. The molecule has 1 aromatic heterocycles. The van der Waals surface area contributed by atoms with Gasteiger partial charge in [0.05, 0.1) is 0 Å². The summed E-state index contributed by atoms with van der Waals surface area (Å²) in [4.78, 5) is 2.36. The first-order valence-corrected chi connectivity index (χ1v) is 16.8. The SMILES string of the molecule is Cc1cc(-c2ccccc2)ccc1N(c1ccc(-c2ccccc2)cc1)c1ccc(-c2cccc3oc4c5ccccc5ccc4c23)cc1. The van der Waals surface area contributed by atoms with E-state index in [2.05, 4.69) is 194 Å². The van der Waals surface area contributed by atoms with Crippen LogP contribution in [0.4, 0.5) is 17.1 Å². The lowest BCUT2D eigenvalue weighted by Gasteiger charge is -2.28. The van der Waals surface area contributed by atoms with Crippen LogP contribution in [0.3, 0.4) is 0 Å². The third kappa shape index (κ3) is 5.15. The smallest absolute Gasteiger partial charge is 0.143 e. The van der Waals surface area contributed by atoms with Crippen LogP contribution in [-0.4, -0.2) is 0 Å². The maximum atomic E-state index is 6.49. The van der Waals surface area contributed by atoms with Crippen LogP contribution in [0.2, 0.25) is 0 Å². The maximum Gasteiger partial charge on any atom is 0.143 e. The molecule has 1 heterocycles. The first-order valence-electron chi connectivity index (χ1n) is 16.8. The molecule has 9 aromatic rings. The minimum absolute atomic E-state index is 0.905. The molecular weight excluding hydrogens is 595 g/mol. The number of rotatable bonds is 6. The van der Waals surface area contributed by atoms with E-state index in [1.165, 1.54) is 38.8 Å².